The second-order valence-electron chi connectivity index (χ2n) is 4.83. The maximum Gasteiger partial charge on any atom is 0.0130 e. The van der Waals surface area contributed by atoms with Crippen LogP contribution in [-0.2, 0) is 6.42 Å². The summed E-state index contributed by atoms with van der Waals surface area (Å²) in [6, 6.07) is 9.05. The molecule has 2 N–H and O–H groups in total. The van der Waals surface area contributed by atoms with E-state index in [-0.39, 0.29) is 0 Å². The SMILES string of the molecule is CCCC(CCC)C(N)Cc1ccc(I)cc1. The maximum atomic E-state index is 6.36. The zero-order valence-corrected chi connectivity index (χ0v) is 13.1. The molecule has 0 radical (unpaired) electrons. The van der Waals surface area contributed by atoms with E-state index in [1.807, 2.05) is 0 Å². The summed E-state index contributed by atoms with van der Waals surface area (Å²) in [5.74, 6) is 0.685. The van der Waals surface area contributed by atoms with Gasteiger partial charge in [0.15, 0.2) is 0 Å². The lowest BCUT2D eigenvalue weighted by atomic mass is 9.87. The average molecular weight is 345 g/mol. The molecule has 1 unspecified atom stereocenters. The second-order valence-corrected chi connectivity index (χ2v) is 6.08. The molecule has 1 atom stereocenters. The van der Waals surface area contributed by atoms with E-state index in [9.17, 15) is 0 Å². The van der Waals surface area contributed by atoms with E-state index in [0.29, 0.717) is 12.0 Å². The molecule has 0 bridgehead atoms. The van der Waals surface area contributed by atoms with Gasteiger partial charge in [-0.15, -0.1) is 0 Å². The first kappa shape index (κ1) is 15.0. The van der Waals surface area contributed by atoms with Gasteiger partial charge in [0.1, 0.15) is 0 Å². The summed E-state index contributed by atoms with van der Waals surface area (Å²) in [6.45, 7) is 4.50. The van der Waals surface area contributed by atoms with Gasteiger partial charge < -0.3 is 5.73 Å². The highest BCUT2D eigenvalue weighted by Crippen LogP contribution is 2.20. The van der Waals surface area contributed by atoms with Crippen LogP contribution in [0, 0.1) is 9.49 Å². The van der Waals surface area contributed by atoms with Crippen molar-refractivity contribution >= 4 is 22.6 Å². The maximum absolute atomic E-state index is 6.36. The highest BCUT2D eigenvalue weighted by Gasteiger charge is 2.16. The number of nitrogens with two attached hydrogens (primary N) is 1. The summed E-state index contributed by atoms with van der Waals surface area (Å²) in [4.78, 5) is 0. The van der Waals surface area contributed by atoms with Crippen molar-refractivity contribution in [2.24, 2.45) is 11.7 Å². The molecular formula is C15H24IN. The van der Waals surface area contributed by atoms with Crippen LogP contribution in [0.4, 0.5) is 0 Å². The second kappa shape index (κ2) is 8.09. The third-order valence-electron chi connectivity index (χ3n) is 3.31. The van der Waals surface area contributed by atoms with Crippen LogP contribution < -0.4 is 5.73 Å². The minimum atomic E-state index is 0.315. The number of benzene rings is 1. The highest BCUT2D eigenvalue weighted by atomic mass is 127. The Balaban J connectivity index is 2.55. The highest BCUT2D eigenvalue weighted by molar-refractivity contribution is 14.1. The lowest BCUT2D eigenvalue weighted by Gasteiger charge is -2.23. The molecule has 0 saturated carbocycles. The summed E-state index contributed by atoms with van der Waals surface area (Å²) in [7, 11) is 0. The van der Waals surface area contributed by atoms with Gasteiger partial charge in [-0.1, -0.05) is 38.8 Å². The first-order chi connectivity index (χ1) is 8.17. The molecule has 0 saturated heterocycles. The molecular weight excluding hydrogens is 321 g/mol. The monoisotopic (exact) mass is 345 g/mol. The predicted octanol–water partition coefficient (Wildman–Crippen LogP) is 4.38. The smallest absolute Gasteiger partial charge is 0.0130 e. The lowest BCUT2D eigenvalue weighted by Crippen LogP contribution is -2.32. The Morgan fingerprint density at radius 3 is 2.06 bits per heavy atom. The Morgan fingerprint density at radius 1 is 1.06 bits per heavy atom. The topological polar surface area (TPSA) is 26.0 Å². The van der Waals surface area contributed by atoms with E-state index in [1.165, 1.54) is 34.8 Å². The first-order valence-corrected chi connectivity index (χ1v) is 7.75. The Bertz CT molecular complexity index is 301. The van der Waals surface area contributed by atoms with Crippen molar-refractivity contribution in [1.29, 1.82) is 0 Å². The van der Waals surface area contributed by atoms with E-state index in [0.717, 1.165) is 6.42 Å². The standard InChI is InChI=1S/C15H24IN/c1-3-5-13(6-4-2)15(17)11-12-7-9-14(16)10-8-12/h7-10,13,15H,3-6,11,17H2,1-2H3. The summed E-state index contributed by atoms with van der Waals surface area (Å²) >= 11 is 2.34. The van der Waals surface area contributed by atoms with Crippen LogP contribution in [0.1, 0.15) is 45.1 Å². The van der Waals surface area contributed by atoms with Crippen LogP contribution >= 0.6 is 22.6 Å². The van der Waals surface area contributed by atoms with Crippen molar-refractivity contribution in [3.63, 3.8) is 0 Å². The summed E-state index contributed by atoms with van der Waals surface area (Å²) < 4.78 is 1.29. The molecule has 1 aromatic carbocycles. The predicted molar refractivity (Wildman–Crippen MR) is 84.1 cm³/mol. The van der Waals surface area contributed by atoms with Crippen molar-refractivity contribution in [2.75, 3.05) is 0 Å². The zero-order valence-electron chi connectivity index (χ0n) is 11.0. The van der Waals surface area contributed by atoms with E-state index >= 15 is 0 Å². The van der Waals surface area contributed by atoms with Crippen LogP contribution in [0.15, 0.2) is 24.3 Å². The summed E-state index contributed by atoms with van der Waals surface area (Å²) in [5.41, 5.74) is 7.73. The fourth-order valence-corrected chi connectivity index (χ4v) is 2.73. The van der Waals surface area contributed by atoms with Crippen molar-refractivity contribution in [3.05, 3.63) is 33.4 Å². The Kier molecular flexibility index (Phi) is 7.12. The Morgan fingerprint density at radius 2 is 1.59 bits per heavy atom. The molecule has 2 heteroatoms. The molecule has 1 aromatic rings. The van der Waals surface area contributed by atoms with Crippen LogP contribution in [0.5, 0.6) is 0 Å². The molecule has 0 heterocycles. The van der Waals surface area contributed by atoms with E-state index in [4.69, 9.17) is 5.73 Å². The summed E-state index contributed by atoms with van der Waals surface area (Å²) in [5, 5.41) is 0. The van der Waals surface area contributed by atoms with Crippen molar-refractivity contribution in [1.82, 2.24) is 0 Å². The van der Waals surface area contributed by atoms with Crippen LogP contribution in [0.25, 0.3) is 0 Å². The van der Waals surface area contributed by atoms with Crippen LogP contribution in [0.3, 0.4) is 0 Å². The number of halogens is 1. The lowest BCUT2D eigenvalue weighted by molar-refractivity contribution is 0.360. The Labute approximate surface area is 119 Å². The van der Waals surface area contributed by atoms with E-state index in [1.54, 1.807) is 0 Å². The van der Waals surface area contributed by atoms with Gasteiger partial charge in [-0.25, -0.2) is 0 Å². The molecule has 0 aliphatic heterocycles. The van der Waals surface area contributed by atoms with Crippen molar-refractivity contribution < 1.29 is 0 Å². The van der Waals surface area contributed by atoms with Gasteiger partial charge in [0.2, 0.25) is 0 Å². The minimum Gasteiger partial charge on any atom is -0.327 e. The van der Waals surface area contributed by atoms with Gasteiger partial charge >= 0.3 is 0 Å². The van der Waals surface area contributed by atoms with Gasteiger partial charge in [-0.3, -0.25) is 0 Å². The third-order valence-corrected chi connectivity index (χ3v) is 4.03. The molecule has 0 aromatic heterocycles. The Hall–Kier alpha value is -0.0900. The number of hydrogen-bond acceptors (Lipinski definition) is 1. The van der Waals surface area contributed by atoms with Crippen molar-refractivity contribution in [3.8, 4) is 0 Å². The van der Waals surface area contributed by atoms with Gasteiger partial charge in [0, 0.05) is 9.61 Å². The third kappa shape index (κ3) is 5.38. The average Bonchev–Trinajstić information content (AvgIpc) is 2.32. The molecule has 96 valence electrons. The fourth-order valence-electron chi connectivity index (χ4n) is 2.37. The normalized spacial score (nSPS) is 13.0. The van der Waals surface area contributed by atoms with Gasteiger partial charge in [-0.05, 0) is 65.5 Å². The molecule has 0 amide bonds. The molecule has 1 nitrogen and oxygen atoms in total. The number of rotatable bonds is 7. The van der Waals surface area contributed by atoms with Gasteiger partial charge in [-0.2, -0.15) is 0 Å². The fraction of sp³-hybridized carbons (Fsp3) is 0.600. The quantitative estimate of drug-likeness (QED) is 0.730. The molecule has 17 heavy (non-hydrogen) atoms. The summed E-state index contributed by atoms with van der Waals surface area (Å²) in [6.07, 6.45) is 6.02. The zero-order chi connectivity index (χ0) is 12.7. The number of hydrogen-bond donors (Lipinski definition) is 1. The molecule has 0 aliphatic carbocycles. The van der Waals surface area contributed by atoms with Gasteiger partial charge in [0.25, 0.3) is 0 Å². The minimum absolute atomic E-state index is 0.315. The molecule has 0 fully saturated rings. The van der Waals surface area contributed by atoms with E-state index < -0.39 is 0 Å². The van der Waals surface area contributed by atoms with Crippen LogP contribution in [0.2, 0.25) is 0 Å². The van der Waals surface area contributed by atoms with Crippen LogP contribution in [-0.4, -0.2) is 6.04 Å². The largest absolute Gasteiger partial charge is 0.327 e. The van der Waals surface area contributed by atoms with E-state index in [2.05, 4.69) is 60.7 Å². The van der Waals surface area contributed by atoms with Gasteiger partial charge in [0.05, 0.1) is 0 Å². The first-order valence-electron chi connectivity index (χ1n) is 6.67. The molecule has 0 aliphatic rings. The molecule has 1 rings (SSSR count). The molecule has 0 spiro atoms. The van der Waals surface area contributed by atoms with Crippen molar-refractivity contribution in [2.45, 2.75) is 52.0 Å².